The minimum Gasteiger partial charge on any atom is -0.491 e. The van der Waals surface area contributed by atoms with E-state index in [0.29, 0.717) is 10.7 Å². The van der Waals surface area contributed by atoms with E-state index in [1.165, 1.54) is 11.3 Å². The predicted molar refractivity (Wildman–Crippen MR) is 76.9 cm³/mol. The van der Waals surface area contributed by atoms with Crippen molar-refractivity contribution in [2.75, 3.05) is 5.32 Å². The Hall–Kier alpha value is -1.88. The van der Waals surface area contributed by atoms with Gasteiger partial charge in [-0.3, -0.25) is 10.1 Å². The van der Waals surface area contributed by atoms with Gasteiger partial charge in [0.2, 0.25) is 0 Å². The molecule has 1 heterocycles. The van der Waals surface area contributed by atoms with Gasteiger partial charge in [-0.25, -0.2) is 4.98 Å². The molecule has 0 radical (unpaired) electrons. The number of amides is 1. The first-order chi connectivity index (χ1) is 9.19. The van der Waals surface area contributed by atoms with Crippen molar-refractivity contribution in [3.8, 4) is 5.75 Å². The fourth-order valence-corrected chi connectivity index (χ4v) is 1.98. The van der Waals surface area contributed by atoms with Gasteiger partial charge in [0, 0.05) is 17.1 Å². The highest BCUT2D eigenvalue weighted by molar-refractivity contribution is 7.13. The summed E-state index contributed by atoms with van der Waals surface area (Å²) in [5.74, 6) is 0.616. The van der Waals surface area contributed by atoms with Crippen LogP contribution in [0.5, 0.6) is 5.75 Å². The first-order valence-electron chi connectivity index (χ1n) is 6.16. The van der Waals surface area contributed by atoms with Crippen molar-refractivity contribution in [1.29, 1.82) is 0 Å². The third-order valence-corrected chi connectivity index (χ3v) is 3.37. The molecule has 1 amide bonds. The lowest BCUT2D eigenvalue weighted by molar-refractivity contribution is 0.102. The molecule has 0 bridgehead atoms. The number of thiazole rings is 1. The molecule has 2 aromatic rings. The van der Waals surface area contributed by atoms with Crippen LogP contribution in [0.2, 0.25) is 0 Å². The number of anilines is 1. The molecule has 100 valence electrons. The van der Waals surface area contributed by atoms with E-state index in [2.05, 4.69) is 17.2 Å². The number of hydrogen-bond donors (Lipinski definition) is 1. The number of carbonyl (C=O) groups excluding carboxylic acids is 1. The standard InChI is InChI=1S/C14H16N2O2S/c1-3-10(2)18-12-6-4-11(5-7-12)13(17)16-14-15-8-9-19-14/h4-10H,3H2,1-2H3,(H,15,16,17)/t10-/m1/s1. The van der Waals surface area contributed by atoms with Crippen LogP contribution < -0.4 is 10.1 Å². The van der Waals surface area contributed by atoms with Gasteiger partial charge in [-0.2, -0.15) is 0 Å². The number of benzene rings is 1. The zero-order chi connectivity index (χ0) is 13.7. The van der Waals surface area contributed by atoms with E-state index >= 15 is 0 Å². The lowest BCUT2D eigenvalue weighted by Gasteiger charge is -2.12. The maximum Gasteiger partial charge on any atom is 0.257 e. The molecule has 1 N–H and O–H groups in total. The zero-order valence-corrected chi connectivity index (χ0v) is 11.7. The van der Waals surface area contributed by atoms with E-state index in [-0.39, 0.29) is 12.0 Å². The molecule has 0 saturated carbocycles. The van der Waals surface area contributed by atoms with Gasteiger partial charge in [0.25, 0.3) is 5.91 Å². The molecule has 5 heteroatoms. The summed E-state index contributed by atoms with van der Waals surface area (Å²) in [5.41, 5.74) is 0.590. The molecule has 1 aromatic carbocycles. The second-order valence-electron chi connectivity index (χ2n) is 4.15. The van der Waals surface area contributed by atoms with Gasteiger partial charge in [0.15, 0.2) is 5.13 Å². The third-order valence-electron chi connectivity index (χ3n) is 2.68. The van der Waals surface area contributed by atoms with Gasteiger partial charge >= 0.3 is 0 Å². The summed E-state index contributed by atoms with van der Waals surface area (Å²) in [6, 6.07) is 7.12. The highest BCUT2D eigenvalue weighted by atomic mass is 32.1. The molecule has 0 aliphatic rings. The first-order valence-corrected chi connectivity index (χ1v) is 7.04. The van der Waals surface area contributed by atoms with E-state index < -0.39 is 0 Å². The molecule has 1 atom stereocenters. The Kier molecular flexibility index (Phi) is 4.52. The number of aromatic nitrogens is 1. The minimum absolute atomic E-state index is 0.162. The summed E-state index contributed by atoms with van der Waals surface area (Å²) in [5, 5.41) is 5.16. The van der Waals surface area contributed by atoms with Gasteiger partial charge in [0.1, 0.15) is 5.75 Å². The zero-order valence-electron chi connectivity index (χ0n) is 10.9. The molecule has 19 heavy (non-hydrogen) atoms. The lowest BCUT2D eigenvalue weighted by Crippen LogP contribution is -2.12. The Balaban J connectivity index is 1.99. The minimum atomic E-state index is -0.162. The molecule has 0 saturated heterocycles. The van der Waals surface area contributed by atoms with Crippen LogP contribution in [0.1, 0.15) is 30.6 Å². The topological polar surface area (TPSA) is 51.2 Å². The second-order valence-corrected chi connectivity index (χ2v) is 5.05. The largest absolute Gasteiger partial charge is 0.491 e. The molecule has 0 fully saturated rings. The van der Waals surface area contributed by atoms with Crippen LogP contribution in [-0.4, -0.2) is 17.0 Å². The first kappa shape index (κ1) is 13.5. The van der Waals surface area contributed by atoms with Crippen LogP contribution >= 0.6 is 11.3 Å². The van der Waals surface area contributed by atoms with Crippen molar-refractivity contribution in [3.05, 3.63) is 41.4 Å². The Morgan fingerprint density at radius 3 is 2.74 bits per heavy atom. The fourth-order valence-electron chi connectivity index (χ4n) is 1.45. The van der Waals surface area contributed by atoms with Crippen LogP contribution in [0.4, 0.5) is 5.13 Å². The summed E-state index contributed by atoms with van der Waals surface area (Å²) in [4.78, 5) is 15.9. The Morgan fingerprint density at radius 1 is 1.42 bits per heavy atom. The number of rotatable bonds is 5. The van der Waals surface area contributed by atoms with Crippen LogP contribution in [0.3, 0.4) is 0 Å². The average molecular weight is 276 g/mol. The van der Waals surface area contributed by atoms with Crippen LogP contribution in [0.25, 0.3) is 0 Å². The molecule has 0 aliphatic heterocycles. The summed E-state index contributed by atoms with van der Waals surface area (Å²) in [6.45, 7) is 4.09. The van der Waals surface area contributed by atoms with Crippen molar-refractivity contribution in [2.24, 2.45) is 0 Å². The highest BCUT2D eigenvalue weighted by Gasteiger charge is 2.08. The van der Waals surface area contributed by atoms with Gasteiger partial charge in [-0.1, -0.05) is 6.92 Å². The van der Waals surface area contributed by atoms with Crippen molar-refractivity contribution < 1.29 is 9.53 Å². The molecular formula is C14H16N2O2S. The van der Waals surface area contributed by atoms with Crippen LogP contribution in [0.15, 0.2) is 35.8 Å². The van der Waals surface area contributed by atoms with Gasteiger partial charge in [0.05, 0.1) is 6.10 Å². The van der Waals surface area contributed by atoms with Gasteiger partial charge in [-0.05, 0) is 37.6 Å². The fraction of sp³-hybridized carbons (Fsp3) is 0.286. The SMILES string of the molecule is CC[C@@H](C)Oc1ccc(C(=O)Nc2nccs2)cc1. The average Bonchev–Trinajstić information content (AvgIpc) is 2.92. The summed E-state index contributed by atoms with van der Waals surface area (Å²) < 4.78 is 5.66. The smallest absolute Gasteiger partial charge is 0.257 e. The van der Waals surface area contributed by atoms with Crippen molar-refractivity contribution >= 4 is 22.4 Å². The number of hydrogen-bond acceptors (Lipinski definition) is 4. The summed E-state index contributed by atoms with van der Waals surface area (Å²) >= 11 is 1.39. The Morgan fingerprint density at radius 2 is 2.16 bits per heavy atom. The van der Waals surface area contributed by atoms with E-state index in [9.17, 15) is 4.79 Å². The predicted octanol–water partition coefficient (Wildman–Crippen LogP) is 3.57. The lowest BCUT2D eigenvalue weighted by atomic mass is 10.2. The van der Waals surface area contributed by atoms with Crippen LogP contribution in [-0.2, 0) is 0 Å². The van der Waals surface area contributed by atoms with E-state index in [4.69, 9.17) is 4.74 Å². The molecular weight excluding hydrogens is 260 g/mol. The van der Waals surface area contributed by atoms with Crippen molar-refractivity contribution in [2.45, 2.75) is 26.4 Å². The van der Waals surface area contributed by atoms with E-state index in [0.717, 1.165) is 12.2 Å². The molecule has 1 aromatic heterocycles. The number of nitrogens with zero attached hydrogens (tertiary/aromatic N) is 1. The van der Waals surface area contributed by atoms with Crippen molar-refractivity contribution in [1.82, 2.24) is 4.98 Å². The molecule has 0 unspecified atom stereocenters. The Labute approximate surface area is 116 Å². The number of carbonyl (C=O) groups is 1. The number of ether oxygens (including phenoxy) is 1. The quantitative estimate of drug-likeness (QED) is 0.908. The maximum atomic E-state index is 11.9. The van der Waals surface area contributed by atoms with Gasteiger partial charge < -0.3 is 4.74 Å². The molecule has 2 rings (SSSR count). The maximum absolute atomic E-state index is 11.9. The molecule has 0 spiro atoms. The molecule has 4 nitrogen and oxygen atoms in total. The normalized spacial score (nSPS) is 11.9. The van der Waals surface area contributed by atoms with Gasteiger partial charge in [-0.15, -0.1) is 11.3 Å². The van der Waals surface area contributed by atoms with Crippen LogP contribution in [0, 0.1) is 0 Å². The second kappa shape index (κ2) is 6.33. The highest BCUT2D eigenvalue weighted by Crippen LogP contribution is 2.17. The monoisotopic (exact) mass is 276 g/mol. The van der Waals surface area contributed by atoms with E-state index in [1.807, 2.05) is 24.4 Å². The third kappa shape index (κ3) is 3.79. The van der Waals surface area contributed by atoms with E-state index in [1.54, 1.807) is 18.3 Å². The van der Waals surface area contributed by atoms with Crippen molar-refractivity contribution in [3.63, 3.8) is 0 Å². The molecule has 0 aliphatic carbocycles. The summed E-state index contributed by atoms with van der Waals surface area (Å²) in [7, 11) is 0. The summed E-state index contributed by atoms with van der Waals surface area (Å²) in [6.07, 6.45) is 2.78. The number of nitrogens with one attached hydrogen (secondary N) is 1. The Bertz CT molecular complexity index is 523.